The zero-order valence-corrected chi connectivity index (χ0v) is 13.9. The zero-order valence-electron chi connectivity index (χ0n) is 13.1. The van der Waals surface area contributed by atoms with E-state index in [0.29, 0.717) is 0 Å². The first-order chi connectivity index (χ1) is 11.9. The minimum absolute atomic E-state index is 0.116. The van der Waals surface area contributed by atoms with E-state index in [0.717, 1.165) is 18.2 Å². The van der Waals surface area contributed by atoms with Gasteiger partial charge in [0.2, 0.25) is 0 Å². The highest BCUT2D eigenvalue weighted by Crippen LogP contribution is 2.25. The highest BCUT2D eigenvalue weighted by atomic mass is 32.2. The third kappa shape index (κ3) is 4.23. The number of carbonyl (C=O) groups is 1. The molecule has 0 bridgehead atoms. The van der Waals surface area contributed by atoms with Crippen molar-refractivity contribution in [3.63, 3.8) is 0 Å². The molecule has 0 saturated carbocycles. The lowest BCUT2D eigenvalue weighted by molar-refractivity contribution is -0.0429. The number of hydrogen-bond donors (Lipinski definition) is 2. The third-order valence-corrected chi connectivity index (χ3v) is 4.32. The van der Waals surface area contributed by atoms with E-state index < -0.39 is 38.3 Å². The number of alkyl halides is 3. The Morgan fingerprint density at radius 3 is 2.31 bits per heavy atom. The van der Waals surface area contributed by atoms with Crippen LogP contribution in [0.25, 0.3) is 0 Å². The first-order valence-corrected chi connectivity index (χ1v) is 8.44. The number of ketones is 1. The summed E-state index contributed by atoms with van der Waals surface area (Å²) in [6.07, 6.45) is -0.353. The number of rotatable bonds is 5. The Balaban J connectivity index is 2.18. The molecule has 1 aromatic heterocycles. The SMILES string of the molecule is Cc1cc(O)c(C(=O)Cc2ccc(NS(=O)(=O)C(F)(F)F)cc2)c(=O)o1. The molecule has 2 N–H and O–H groups in total. The summed E-state index contributed by atoms with van der Waals surface area (Å²) < 4.78 is 65.0. The average Bonchev–Trinajstić information content (AvgIpc) is 2.46. The highest BCUT2D eigenvalue weighted by Gasteiger charge is 2.46. The van der Waals surface area contributed by atoms with Gasteiger partial charge in [-0.05, 0) is 24.6 Å². The molecule has 26 heavy (non-hydrogen) atoms. The van der Waals surface area contributed by atoms with E-state index in [4.69, 9.17) is 4.42 Å². The molecule has 0 aliphatic heterocycles. The highest BCUT2D eigenvalue weighted by molar-refractivity contribution is 7.93. The van der Waals surface area contributed by atoms with Crippen molar-refractivity contribution in [2.45, 2.75) is 18.9 Å². The number of benzene rings is 1. The van der Waals surface area contributed by atoms with Gasteiger partial charge in [0.15, 0.2) is 5.78 Å². The quantitative estimate of drug-likeness (QED) is 0.757. The standard InChI is InChI=1S/C15H12F3NO6S/c1-8-6-11(20)13(14(22)25-8)12(21)7-9-2-4-10(5-3-9)19-26(23,24)15(16,17)18/h2-6,19-20H,7H2,1H3. The van der Waals surface area contributed by atoms with E-state index in [9.17, 15) is 36.3 Å². The van der Waals surface area contributed by atoms with Crippen molar-refractivity contribution in [1.82, 2.24) is 0 Å². The van der Waals surface area contributed by atoms with Gasteiger partial charge in [-0.1, -0.05) is 12.1 Å². The fourth-order valence-electron chi connectivity index (χ4n) is 2.03. The summed E-state index contributed by atoms with van der Waals surface area (Å²) >= 11 is 0. The van der Waals surface area contributed by atoms with Crippen LogP contribution in [-0.4, -0.2) is 24.8 Å². The second kappa shape index (κ2) is 6.83. The van der Waals surface area contributed by atoms with Gasteiger partial charge in [-0.3, -0.25) is 9.52 Å². The lowest BCUT2D eigenvalue weighted by atomic mass is 10.0. The maximum Gasteiger partial charge on any atom is 0.516 e. The minimum atomic E-state index is -5.55. The molecule has 0 unspecified atom stereocenters. The molecule has 0 aliphatic rings. The average molecular weight is 391 g/mol. The van der Waals surface area contributed by atoms with Crippen LogP contribution in [0, 0.1) is 6.92 Å². The van der Waals surface area contributed by atoms with E-state index in [1.54, 1.807) is 0 Å². The predicted molar refractivity (Wildman–Crippen MR) is 84.5 cm³/mol. The van der Waals surface area contributed by atoms with Gasteiger partial charge >= 0.3 is 21.2 Å². The van der Waals surface area contributed by atoms with Gasteiger partial charge in [0.1, 0.15) is 17.1 Å². The van der Waals surface area contributed by atoms with E-state index in [2.05, 4.69) is 0 Å². The maximum atomic E-state index is 12.3. The fraction of sp³-hybridized carbons (Fsp3) is 0.200. The second-order valence-corrected chi connectivity index (χ2v) is 6.93. The summed E-state index contributed by atoms with van der Waals surface area (Å²) in [4.78, 5) is 23.8. The molecule has 7 nitrogen and oxygen atoms in total. The van der Waals surface area contributed by atoms with Crippen molar-refractivity contribution in [2.75, 3.05) is 4.72 Å². The summed E-state index contributed by atoms with van der Waals surface area (Å²) in [6, 6.07) is 5.58. The molecule has 11 heteroatoms. The van der Waals surface area contributed by atoms with Crippen LogP contribution in [0.4, 0.5) is 18.9 Å². The lowest BCUT2D eigenvalue weighted by Gasteiger charge is -2.11. The molecule has 0 spiro atoms. The van der Waals surface area contributed by atoms with Gasteiger partial charge in [-0.15, -0.1) is 0 Å². The lowest BCUT2D eigenvalue weighted by Crippen LogP contribution is -2.29. The number of Topliss-reactive ketones (excluding diaryl/α,β-unsaturated/α-hetero) is 1. The smallest absolute Gasteiger partial charge is 0.507 e. The molecule has 0 amide bonds. The first-order valence-electron chi connectivity index (χ1n) is 6.95. The summed E-state index contributed by atoms with van der Waals surface area (Å²) in [7, 11) is -5.55. The molecular formula is C15H12F3NO6S. The molecule has 0 fully saturated rings. The van der Waals surface area contributed by atoms with Gasteiger partial charge in [0.05, 0.1) is 0 Å². The van der Waals surface area contributed by atoms with Crippen LogP contribution in [0.15, 0.2) is 39.5 Å². The minimum Gasteiger partial charge on any atom is -0.507 e. The van der Waals surface area contributed by atoms with Crippen molar-refractivity contribution in [2.24, 2.45) is 0 Å². The number of hydrogen-bond acceptors (Lipinski definition) is 6. The molecule has 1 heterocycles. The Morgan fingerprint density at radius 2 is 1.81 bits per heavy atom. The number of carbonyl (C=O) groups excluding carboxylic acids is 1. The summed E-state index contributed by atoms with van der Waals surface area (Å²) in [5.41, 5.74) is -7.08. The first kappa shape index (κ1) is 19.5. The summed E-state index contributed by atoms with van der Waals surface area (Å²) in [5, 5.41) is 9.70. The number of sulfonamides is 1. The van der Waals surface area contributed by atoms with E-state index in [-0.39, 0.29) is 23.4 Å². The number of halogens is 3. The Kier molecular flexibility index (Phi) is 5.12. The van der Waals surface area contributed by atoms with Crippen LogP contribution in [0.1, 0.15) is 21.7 Å². The maximum absolute atomic E-state index is 12.3. The van der Waals surface area contributed by atoms with Crippen LogP contribution in [0.5, 0.6) is 5.75 Å². The van der Waals surface area contributed by atoms with E-state index in [1.807, 2.05) is 0 Å². The Hall–Kier alpha value is -2.82. The number of aryl methyl sites for hydroxylation is 1. The van der Waals surface area contributed by atoms with Crippen molar-refractivity contribution in [3.05, 3.63) is 57.6 Å². The Labute approximate surface area is 145 Å². The Bertz CT molecular complexity index is 994. The normalized spacial score (nSPS) is 12.0. The molecule has 0 saturated heterocycles. The van der Waals surface area contributed by atoms with Crippen molar-refractivity contribution >= 4 is 21.5 Å². The summed E-state index contributed by atoms with van der Waals surface area (Å²) in [5.74, 6) is -1.19. The molecule has 2 aromatic rings. The second-order valence-electron chi connectivity index (χ2n) is 5.25. The third-order valence-electron chi connectivity index (χ3n) is 3.21. The zero-order chi connectivity index (χ0) is 19.7. The largest absolute Gasteiger partial charge is 0.516 e. The fourth-order valence-corrected chi connectivity index (χ4v) is 2.59. The van der Waals surface area contributed by atoms with Gasteiger partial charge in [-0.25, -0.2) is 4.79 Å². The van der Waals surface area contributed by atoms with Gasteiger partial charge in [0.25, 0.3) is 0 Å². The van der Waals surface area contributed by atoms with Crippen LogP contribution < -0.4 is 10.3 Å². The number of anilines is 1. The summed E-state index contributed by atoms with van der Waals surface area (Å²) in [6.45, 7) is 1.41. The Morgan fingerprint density at radius 1 is 1.23 bits per heavy atom. The van der Waals surface area contributed by atoms with Crippen LogP contribution in [-0.2, 0) is 16.4 Å². The molecule has 0 radical (unpaired) electrons. The van der Waals surface area contributed by atoms with Crippen LogP contribution >= 0.6 is 0 Å². The topological polar surface area (TPSA) is 114 Å². The molecule has 140 valence electrons. The van der Waals surface area contributed by atoms with Gasteiger partial charge in [0, 0.05) is 18.2 Å². The number of nitrogens with one attached hydrogen (secondary N) is 1. The van der Waals surface area contributed by atoms with E-state index in [1.165, 1.54) is 23.8 Å². The molecule has 0 atom stereocenters. The monoisotopic (exact) mass is 391 g/mol. The van der Waals surface area contributed by atoms with Crippen LogP contribution in [0.2, 0.25) is 0 Å². The van der Waals surface area contributed by atoms with Gasteiger partial charge in [-0.2, -0.15) is 21.6 Å². The van der Waals surface area contributed by atoms with Crippen molar-refractivity contribution in [3.8, 4) is 5.75 Å². The molecule has 0 aliphatic carbocycles. The van der Waals surface area contributed by atoms with Gasteiger partial charge < -0.3 is 9.52 Å². The van der Waals surface area contributed by atoms with Crippen LogP contribution in [0.3, 0.4) is 0 Å². The molecule has 1 aromatic carbocycles. The van der Waals surface area contributed by atoms with Crippen molar-refractivity contribution < 1.29 is 35.9 Å². The number of aromatic hydroxyl groups is 1. The molecule has 2 rings (SSSR count). The molecular weight excluding hydrogens is 379 g/mol. The van der Waals surface area contributed by atoms with Crippen molar-refractivity contribution in [1.29, 1.82) is 0 Å². The predicted octanol–water partition coefficient (Wildman–Crippen LogP) is 2.34. The van der Waals surface area contributed by atoms with E-state index >= 15 is 0 Å².